The maximum atomic E-state index is 12.9. The van der Waals surface area contributed by atoms with Crippen LogP contribution in [0.1, 0.15) is 29.9 Å². The summed E-state index contributed by atoms with van der Waals surface area (Å²) in [4.78, 5) is 14.7. The average molecular weight is 452 g/mol. The van der Waals surface area contributed by atoms with Gasteiger partial charge in [-0.3, -0.25) is 0 Å². The van der Waals surface area contributed by atoms with Gasteiger partial charge < -0.3 is 15.0 Å². The van der Waals surface area contributed by atoms with Gasteiger partial charge in [0, 0.05) is 24.7 Å². The highest BCUT2D eigenvalue weighted by Crippen LogP contribution is 2.49. The van der Waals surface area contributed by atoms with E-state index in [9.17, 15) is 18.0 Å². The number of anilines is 1. The molecule has 2 amide bonds. The first-order valence-electron chi connectivity index (χ1n) is 11.0. The number of fused-ring (bicyclic) bond motifs is 3. The van der Waals surface area contributed by atoms with Crippen LogP contribution in [-0.2, 0) is 0 Å². The molecule has 1 N–H and O–H groups in total. The second-order valence-electron chi connectivity index (χ2n) is 8.50. The van der Waals surface area contributed by atoms with E-state index in [1.165, 1.54) is 46.5 Å². The van der Waals surface area contributed by atoms with E-state index in [-0.39, 0.29) is 23.6 Å². The van der Waals surface area contributed by atoms with Crippen LogP contribution < -0.4 is 10.1 Å². The number of hydrogen-bond donors (Lipinski definition) is 1. The molecule has 1 aliphatic carbocycles. The SMILES string of the molecule is O=C(Nc1ccc(OC(F)(F)F)cc1)N1CCCC(C2c3ccccc3-c3ccccc32)C1. The molecule has 3 aromatic carbocycles. The Hall–Kier alpha value is -3.48. The molecule has 0 spiro atoms. The Kier molecular flexibility index (Phi) is 5.48. The predicted molar refractivity (Wildman–Crippen MR) is 120 cm³/mol. The second kappa shape index (κ2) is 8.46. The summed E-state index contributed by atoms with van der Waals surface area (Å²) in [5, 5.41) is 2.80. The van der Waals surface area contributed by atoms with Crippen LogP contribution in [0, 0.1) is 5.92 Å². The fourth-order valence-electron chi connectivity index (χ4n) is 5.11. The maximum absolute atomic E-state index is 12.9. The molecule has 0 aromatic heterocycles. The lowest BCUT2D eigenvalue weighted by Gasteiger charge is -2.36. The van der Waals surface area contributed by atoms with Crippen LogP contribution in [-0.4, -0.2) is 30.4 Å². The number of nitrogens with one attached hydrogen (secondary N) is 1. The number of hydrogen-bond acceptors (Lipinski definition) is 2. The van der Waals surface area contributed by atoms with Crippen molar-refractivity contribution in [3.63, 3.8) is 0 Å². The van der Waals surface area contributed by atoms with E-state index in [0.29, 0.717) is 18.8 Å². The topological polar surface area (TPSA) is 41.6 Å². The predicted octanol–water partition coefficient (Wildman–Crippen LogP) is 6.64. The highest BCUT2D eigenvalue weighted by Gasteiger charge is 2.37. The van der Waals surface area contributed by atoms with Gasteiger partial charge in [0.1, 0.15) is 5.75 Å². The van der Waals surface area contributed by atoms with Crippen LogP contribution in [0.3, 0.4) is 0 Å². The van der Waals surface area contributed by atoms with Crippen molar-refractivity contribution in [3.8, 4) is 16.9 Å². The van der Waals surface area contributed by atoms with Crippen LogP contribution in [0.5, 0.6) is 5.75 Å². The Labute approximate surface area is 190 Å². The minimum Gasteiger partial charge on any atom is -0.406 e. The standard InChI is InChI=1S/C26H23F3N2O2/c27-26(28,29)33-19-13-11-18(12-14-19)30-25(32)31-15-5-6-17(16-31)24-22-9-3-1-7-20(22)21-8-2-4-10-23(21)24/h1-4,7-14,17,24H,5-6,15-16H2,(H,30,32). The van der Waals surface area contributed by atoms with Gasteiger partial charge in [-0.15, -0.1) is 13.2 Å². The van der Waals surface area contributed by atoms with Gasteiger partial charge in [-0.05, 0) is 65.3 Å². The minimum atomic E-state index is -4.74. The lowest BCUT2D eigenvalue weighted by molar-refractivity contribution is -0.274. The molecule has 1 unspecified atom stereocenters. The number of ether oxygens (including phenoxy) is 1. The number of benzene rings is 3. The van der Waals surface area contributed by atoms with Gasteiger partial charge in [0.15, 0.2) is 0 Å². The molecular weight excluding hydrogens is 429 g/mol. The number of amides is 2. The number of rotatable bonds is 3. The Morgan fingerprint density at radius 2 is 1.52 bits per heavy atom. The number of carbonyl (C=O) groups is 1. The van der Waals surface area contributed by atoms with E-state index < -0.39 is 6.36 Å². The summed E-state index contributed by atoms with van der Waals surface area (Å²) in [6.07, 6.45) is -2.82. The van der Waals surface area contributed by atoms with Gasteiger partial charge in [-0.25, -0.2) is 4.79 Å². The first-order chi connectivity index (χ1) is 15.9. The fourth-order valence-corrected chi connectivity index (χ4v) is 5.11. The number of piperidine rings is 1. The largest absolute Gasteiger partial charge is 0.573 e. The van der Waals surface area contributed by atoms with E-state index in [1.807, 2.05) is 0 Å². The van der Waals surface area contributed by atoms with Gasteiger partial charge >= 0.3 is 12.4 Å². The van der Waals surface area contributed by atoms with E-state index in [1.54, 1.807) is 4.90 Å². The minimum absolute atomic E-state index is 0.242. The van der Waals surface area contributed by atoms with Crippen LogP contribution >= 0.6 is 0 Å². The quantitative estimate of drug-likeness (QED) is 0.484. The molecule has 0 saturated carbocycles. The van der Waals surface area contributed by atoms with Crippen molar-refractivity contribution in [1.82, 2.24) is 4.90 Å². The summed E-state index contributed by atoms with van der Waals surface area (Å²) in [7, 11) is 0. The van der Waals surface area contributed by atoms with Gasteiger partial charge in [0.2, 0.25) is 0 Å². The Balaban J connectivity index is 1.30. The molecule has 1 heterocycles. The summed E-state index contributed by atoms with van der Waals surface area (Å²) in [6, 6.07) is 21.9. The first-order valence-corrected chi connectivity index (χ1v) is 11.0. The van der Waals surface area contributed by atoms with E-state index >= 15 is 0 Å². The van der Waals surface area contributed by atoms with Crippen molar-refractivity contribution >= 4 is 11.7 Å². The summed E-state index contributed by atoms with van der Waals surface area (Å²) < 4.78 is 40.9. The molecule has 0 radical (unpaired) electrons. The lowest BCUT2D eigenvalue weighted by Crippen LogP contribution is -2.43. The number of nitrogens with zero attached hydrogens (tertiary/aromatic N) is 1. The highest BCUT2D eigenvalue weighted by atomic mass is 19.4. The van der Waals surface area contributed by atoms with Gasteiger partial charge in [-0.1, -0.05) is 48.5 Å². The molecule has 5 rings (SSSR count). The maximum Gasteiger partial charge on any atom is 0.573 e. The molecule has 1 atom stereocenters. The third-order valence-electron chi connectivity index (χ3n) is 6.44. The number of likely N-dealkylation sites (tertiary alicyclic amines) is 1. The number of halogens is 3. The van der Waals surface area contributed by atoms with E-state index in [0.717, 1.165) is 12.8 Å². The number of urea groups is 1. The monoisotopic (exact) mass is 452 g/mol. The molecule has 1 saturated heterocycles. The van der Waals surface area contributed by atoms with Crippen molar-refractivity contribution in [2.75, 3.05) is 18.4 Å². The van der Waals surface area contributed by atoms with Gasteiger partial charge in [0.25, 0.3) is 0 Å². The zero-order valence-electron chi connectivity index (χ0n) is 17.8. The van der Waals surface area contributed by atoms with Crippen molar-refractivity contribution < 1.29 is 22.7 Å². The molecule has 1 fully saturated rings. The third-order valence-corrected chi connectivity index (χ3v) is 6.44. The van der Waals surface area contributed by atoms with Gasteiger partial charge in [-0.2, -0.15) is 0 Å². The van der Waals surface area contributed by atoms with Crippen molar-refractivity contribution in [1.29, 1.82) is 0 Å². The summed E-state index contributed by atoms with van der Waals surface area (Å²) in [5.41, 5.74) is 5.58. The van der Waals surface area contributed by atoms with Crippen LogP contribution in [0.2, 0.25) is 0 Å². The first kappa shape index (κ1) is 21.4. The molecule has 2 aliphatic rings. The molecule has 33 heavy (non-hydrogen) atoms. The van der Waals surface area contributed by atoms with Crippen molar-refractivity contribution in [3.05, 3.63) is 83.9 Å². The van der Waals surface area contributed by atoms with E-state index in [2.05, 4.69) is 58.6 Å². The normalized spacial score (nSPS) is 17.9. The second-order valence-corrected chi connectivity index (χ2v) is 8.50. The van der Waals surface area contributed by atoms with Crippen LogP contribution in [0.4, 0.5) is 23.7 Å². The Morgan fingerprint density at radius 3 is 2.12 bits per heavy atom. The lowest BCUT2D eigenvalue weighted by atomic mass is 9.79. The number of alkyl halides is 3. The molecule has 4 nitrogen and oxygen atoms in total. The fraction of sp³-hybridized carbons (Fsp3) is 0.269. The summed E-state index contributed by atoms with van der Waals surface area (Å²) >= 11 is 0. The Bertz CT molecular complexity index is 1120. The molecule has 7 heteroatoms. The third kappa shape index (κ3) is 4.40. The summed E-state index contributed by atoms with van der Waals surface area (Å²) in [5.74, 6) is 0.209. The van der Waals surface area contributed by atoms with Crippen LogP contribution in [0.25, 0.3) is 11.1 Å². The number of carbonyl (C=O) groups excluding carboxylic acids is 1. The molecule has 3 aromatic rings. The smallest absolute Gasteiger partial charge is 0.406 e. The summed E-state index contributed by atoms with van der Waals surface area (Å²) in [6.45, 7) is 1.27. The van der Waals surface area contributed by atoms with Crippen LogP contribution in [0.15, 0.2) is 72.8 Å². The Morgan fingerprint density at radius 1 is 0.909 bits per heavy atom. The van der Waals surface area contributed by atoms with Gasteiger partial charge in [0.05, 0.1) is 0 Å². The van der Waals surface area contributed by atoms with Crippen molar-refractivity contribution in [2.45, 2.75) is 25.1 Å². The van der Waals surface area contributed by atoms with Crippen molar-refractivity contribution in [2.24, 2.45) is 5.92 Å². The molecular formula is C26H23F3N2O2. The molecule has 170 valence electrons. The zero-order chi connectivity index (χ0) is 23.0. The average Bonchev–Trinajstić information content (AvgIpc) is 3.14. The van der Waals surface area contributed by atoms with E-state index in [4.69, 9.17) is 0 Å². The molecule has 0 bridgehead atoms. The zero-order valence-corrected chi connectivity index (χ0v) is 17.8. The highest BCUT2D eigenvalue weighted by molar-refractivity contribution is 5.89. The molecule has 1 aliphatic heterocycles.